The zero-order chi connectivity index (χ0) is 23.9. The van der Waals surface area contributed by atoms with Gasteiger partial charge in [-0.15, -0.1) is 0 Å². The normalized spacial score (nSPS) is 18.6. The molecule has 2 N–H and O–H groups in total. The first-order valence-electron chi connectivity index (χ1n) is 12.2. The molecule has 1 aliphatic carbocycles. The van der Waals surface area contributed by atoms with E-state index >= 15 is 0 Å². The zero-order valence-corrected chi connectivity index (χ0v) is 19.6. The van der Waals surface area contributed by atoms with Crippen LogP contribution in [0.15, 0.2) is 29.0 Å². The summed E-state index contributed by atoms with van der Waals surface area (Å²) >= 11 is 0. The van der Waals surface area contributed by atoms with Gasteiger partial charge in [-0.1, -0.05) is 37.3 Å². The molecule has 2 heterocycles. The Balaban J connectivity index is 1.50. The van der Waals surface area contributed by atoms with Gasteiger partial charge in [0.1, 0.15) is 23.7 Å². The first kappa shape index (κ1) is 24.2. The van der Waals surface area contributed by atoms with E-state index in [-0.39, 0.29) is 11.8 Å². The van der Waals surface area contributed by atoms with E-state index in [0.29, 0.717) is 48.9 Å². The lowest BCUT2D eigenvalue weighted by molar-refractivity contribution is -0.119. The number of amides is 2. The van der Waals surface area contributed by atoms with Gasteiger partial charge in [-0.25, -0.2) is 4.39 Å². The highest BCUT2D eigenvalue weighted by molar-refractivity contribution is 6.01. The minimum Gasteiger partial charge on any atom is -0.378 e. The van der Waals surface area contributed by atoms with E-state index in [0.717, 1.165) is 38.5 Å². The molecule has 1 aromatic heterocycles. The Morgan fingerprint density at radius 1 is 1.12 bits per heavy atom. The van der Waals surface area contributed by atoms with Crippen LogP contribution < -0.4 is 15.5 Å². The van der Waals surface area contributed by atoms with Crippen molar-refractivity contribution in [3.63, 3.8) is 0 Å². The van der Waals surface area contributed by atoms with E-state index in [4.69, 9.17) is 9.26 Å². The fourth-order valence-electron chi connectivity index (χ4n) is 4.81. The molecule has 2 fully saturated rings. The van der Waals surface area contributed by atoms with Crippen LogP contribution in [0.5, 0.6) is 0 Å². The third-order valence-electron chi connectivity index (χ3n) is 6.75. The summed E-state index contributed by atoms with van der Waals surface area (Å²) in [5.41, 5.74) is 1.64. The summed E-state index contributed by atoms with van der Waals surface area (Å²) < 4.78 is 25.1. The topological polar surface area (TPSA) is 96.7 Å². The average molecular weight is 473 g/mol. The Morgan fingerprint density at radius 2 is 1.82 bits per heavy atom. The van der Waals surface area contributed by atoms with Gasteiger partial charge in [0.25, 0.3) is 5.91 Å². The molecule has 0 radical (unpaired) electrons. The van der Waals surface area contributed by atoms with Crippen molar-refractivity contribution in [2.24, 2.45) is 5.92 Å². The monoisotopic (exact) mass is 472 g/mol. The second-order valence-corrected chi connectivity index (χ2v) is 9.12. The second-order valence-electron chi connectivity index (χ2n) is 9.12. The molecule has 1 unspecified atom stereocenters. The van der Waals surface area contributed by atoms with Crippen molar-refractivity contribution in [1.29, 1.82) is 0 Å². The van der Waals surface area contributed by atoms with E-state index < -0.39 is 17.8 Å². The Bertz CT molecular complexity index is 981. The molecule has 9 heteroatoms. The number of benzene rings is 1. The molecule has 184 valence electrons. The Kier molecular flexibility index (Phi) is 8.16. The molecule has 1 aromatic carbocycles. The molecular weight excluding hydrogens is 439 g/mol. The number of ether oxygens (including phenoxy) is 1. The van der Waals surface area contributed by atoms with Crippen LogP contribution in [0.2, 0.25) is 0 Å². The third kappa shape index (κ3) is 5.94. The molecule has 2 aliphatic rings. The minimum atomic E-state index is -0.734. The lowest BCUT2D eigenvalue weighted by Gasteiger charge is -2.30. The number of carbonyl (C=O) groups excluding carboxylic acids is 2. The smallest absolute Gasteiger partial charge is 0.257 e. The summed E-state index contributed by atoms with van der Waals surface area (Å²) in [4.78, 5) is 28.2. The quantitative estimate of drug-likeness (QED) is 0.658. The van der Waals surface area contributed by atoms with Crippen molar-refractivity contribution in [3.05, 3.63) is 41.5 Å². The number of hydrogen-bond donors (Lipinski definition) is 2. The van der Waals surface area contributed by atoms with Crippen molar-refractivity contribution >= 4 is 23.2 Å². The molecule has 1 aliphatic heterocycles. The van der Waals surface area contributed by atoms with Crippen LogP contribution in [0.4, 0.5) is 15.8 Å². The number of morpholine rings is 1. The molecule has 1 atom stereocenters. The van der Waals surface area contributed by atoms with E-state index in [2.05, 4.69) is 15.8 Å². The Morgan fingerprint density at radius 3 is 2.47 bits per heavy atom. The summed E-state index contributed by atoms with van der Waals surface area (Å²) in [5.74, 6) is -1.13. The van der Waals surface area contributed by atoms with Gasteiger partial charge in [0.2, 0.25) is 5.91 Å². The third-order valence-corrected chi connectivity index (χ3v) is 6.75. The number of carbonyl (C=O) groups is 2. The van der Waals surface area contributed by atoms with Crippen LogP contribution in [0, 0.1) is 18.7 Å². The number of aryl methyl sites for hydroxylation is 1. The predicted molar refractivity (Wildman–Crippen MR) is 126 cm³/mol. The highest BCUT2D eigenvalue weighted by Crippen LogP contribution is 2.28. The molecule has 34 heavy (non-hydrogen) atoms. The number of nitrogens with one attached hydrogen (secondary N) is 2. The average Bonchev–Trinajstić information content (AvgIpc) is 3.24. The van der Waals surface area contributed by atoms with Crippen molar-refractivity contribution in [2.45, 2.75) is 57.9 Å². The van der Waals surface area contributed by atoms with Crippen LogP contribution in [0.25, 0.3) is 0 Å². The van der Waals surface area contributed by atoms with Gasteiger partial charge < -0.3 is 24.8 Å². The van der Waals surface area contributed by atoms with Gasteiger partial charge in [-0.3, -0.25) is 9.59 Å². The van der Waals surface area contributed by atoms with Crippen molar-refractivity contribution in [3.8, 4) is 0 Å². The molecule has 1 saturated heterocycles. The number of halogens is 1. The maximum atomic E-state index is 14.9. The lowest BCUT2D eigenvalue weighted by atomic mass is 9.85. The minimum absolute atomic E-state index is 0.00175. The summed E-state index contributed by atoms with van der Waals surface area (Å²) in [5, 5.41) is 9.51. The molecule has 0 spiro atoms. The standard InChI is InChI=1S/C25H33FN4O4/c1-17-20(16-34-29-17)24(31)28-23(18-7-5-3-2-4-6-8-18)25(32)27-19-9-10-22(21(26)15-19)30-11-13-33-14-12-30/h9-10,15-16,18,23H,2-8,11-14H2,1H3,(H,27,32)(H,28,31). The Hall–Kier alpha value is -2.94. The number of nitrogens with zero attached hydrogens (tertiary/aromatic N) is 2. The SMILES string of the molecule is Cc1nocc1C(=O)NC(C(=O)Nc1ccc(N2CCOCC2)c(F)c1)C1CCCCCCC1. The zero-order valence-electron chi connectivity index (χ0n) is 19.6. The van der Waals surface area contributed by atoms with Crippen molar-refractivity contribution in [1.82, 2.24) is 10.5 Å². The first-order valence-corrected chi connectivity index (χ1v) is 12.2. The number of hydrogen-bond acceptors (Lipinski definition) is 6. The second kappa shape index (κ2) is 11.5. The predicted octanol–water partition coefficient (Wildman–Crippen LogP) is 4.06. The van der Waals surface area contributed by atoms with E-state index in [1.165, 1.54) is 18.8 Å². The molecule has 2 aromatic rings. The van der Waals surface area contributed by atoms with Crippen LogP contribution >= 0.6 is 0 Å². The van der Waals surface area contributed by atoms with Crippen LogP contribution in [0.1, 0.15) is 61.0 Å². The van der Waals surface area contributed by atoms with Gasteiger partial charge in [-0.05, 0) is 43.9 Å². The first-order chi connectivity index (χ1) is 16.5. The fraction of sp³-hybridized carbons (Fsp3) is 0.560. The number of aromatic nitrogens is 1. The van der Waals surface area contributed by atoms with E-state index in [1.54, 1.807) is 19.1 Å². The van der Waals surface area contributed by atoms with Crippen molar-refractivity contribution < 1.29 is 23.2 Å². The van der Waals surface area contributed by atoms with Crippen LogP contribution in [-0.4, -0.2) is 49.3 Å². The molecule has 1 saturated carbocycles. The molecule has 0 bridgehead atoms. The van der Waals surface area contributed by atoms with Crippen molar-refractivity contribution in [2.75, 3.05) is 36.5 Å². The van der Waals surface area contributed by atoms with Gasteiger partial charge in [-0.2, -0.15) is 0 Å². The molecule has 8 nitrogen and oxygen atoms in total. The number of anilines is 2. The summed E-state index contributed by atoms with van der Waals surface area (Å²) in [6.07, 6.45) is 8.47. The maximum Gasteiger partial charge on any atom is 0.257 e. The number of rotatable bonds is 6. The molecular formula is C25H33FN4O4. The van der Waals surface area contributed by atoms with Gasteiger partial charge in [0.15, 0.2) is 0 Å². The van der Waals surface area contributed by atoms with E-state index in [1.807, 2.05) is 4.90 Å². The molecule has 2 amide bonds. The maximum absolute atomic E-state index is 14.9. The van der Waals surface area contributed by atoms with Crippen LogP contribution in [-0.2, 0) is 9.53 Å². The highest BCUT2D eigenvalue weighted by atomic mass is 19.1. The van der Waals surface area contributed by atoms with Gasteiger partial charge in [0, 0.05) is 18.8 Å². The van der Waals surface area contributed by atoms with Crippen LogP contribution in [0.3, 0.4) is 0 Å². The molecule has 4 rings (SSSR count). The Labute approximate surface area is 199 Å². The van der Waals surface area contributed by atoms with Gasteiger partial charge in [0.05, 0.1) is 24.6 Å². The lowest BCUT2D eigenvalue weighted by Crippen LogP contribution is -2.48. The largest absolute Gasteiger partial charge is 0.378 e. The highest BCUT2D eigenvalue weighted by Gasteiger charge is 2.31. The summed E-state index contributed by atoms with van der Waals surface area (Å²) in [6, 6.07) is 3.98. The fourth-order valence-corrected chi connectivity index (χ4v) is 4.81. The van der Waals surface area contributed by atoms with E-state index in [9.17, 15) is 14.0 Å². The van der Waals surface area contributed by atoms with Gasteiger partial charge >= 0.3 is 0 Å². The summed E-state index contributed by atoms with van der Waals surface area (Å²) in [6.45, 7) is 4.06. The summed E-state index contributed by atoms with van der Waals surface area (Å²) in [7, 11) is 0.